The monoisotopic (exact) mass is 376 g/mol. The summed E-state index contributed by atoms with van der Waals surface area (Å²) < 4.78 is 16.5. The van der Waals surface area contributed by atoms with Crippen molar-refractivity contribution >= 4 is 11.9 Å². The van der Waals surface area contributed by atoms with Crippen LogP contribution in [0.1, 0.15) is 23.0 Å². The van der Waals surface area contributed by atoms with Crippen LogP contribution >= 0.6 is 0 Å². The van der Waals surface area contributed by atoms with Crippen molar-refractivity contribution in [3.63, 3.8) is 0 Å². The summed E-state index contributed by atoms with van der Waals surface area (Å²) in [6, 6.07) is 18.5. The molecule has 1 aromatic heterocycles. The standard InChI is InChI=1S/C22H20N2O4/c1-14-13-23-21(27-14)20-9-8-19(24-20)15-10-16(22(25)26-2)12-18(11-15)28-17-6-4-3-5-7-17/h3-12,14,24H,13H2,1-2H3/t14-/m0/s1. The average Bonchev–Trinajstić information content (AvgIpc) is 3.37. The summed E-state index contributed by atoms with van der Waals surface area (Å²) in [6.45, 7) is 2.63. The highest BCUT2D eigenvalue weighted by Crippen LogP contribution is 2.30. The number of aliphatic imine (C=N–C) groups is 1. The Kier molecular flexibility index (Phi) is 4.85. The minimum Gasteiger partial charge on any atom is -0.471 e. The maximum atomic E-state index is 12.1. The molecule has 2 aromatic carbocycles. The number of carbonyl (C=O) groups excluding carboxylic acids is 1. The average molecular weight is 376 g/mol. The molecule has 3 aromatic rings. The number of aromatic nitrogens is 1. The SMILES string of the molecule is COC(=O)c1cc(Oc2ccccc2)cc(-c2ccc(C3=NC[C@H](C)O3)[nH]2)c1. The molecule has 6 heteroatoms. The lowest BCUT2D eigenvalue weighted by atomic mass is 10.1. The summed E-state index contributed by atoms with van der Waals surface area (Å²) in [6.07, 6.45) is 0.0790. The molecule has 1 atom stereocenters. The van der Waals surface area contributed by atoms with E-state index in [1.807, 2.05) is 55.5 Å². The van der Waals surface area contributed by atoms with Gasteiger partial charge in [0.2, 0.25) is 5.90 Å². The number of H-pyrrole nitrogens is 1. The highest BCUT2D eigenvalue weighted by Gasteiger charge is 2.19. The van der Waals surface area contributed by atoms with Crippen LogP contribution in [0.2, 0.25) is 0 Å². The number of hydrogen-bond donors (Lipinski definition) is 1. The Balaban J connectivity index is 1.69. The van der Waals surface area contributed by atoms with Gasteiger partial charge in [0.05, 0.1) is 19.2 Å². The molecular formula is C22H20N2O4. The quantitative estimate of drug-likeness (QED) is 0.669. The Morgan fingerprint density at radius 3 is 2.57 bits per heavy atom. The Bertz CT molecular complexity index is 1020. The highest BCUT2D eigenvalue weighted by atomic mass is 16.5. The molecule has 0 bridgehead atoms. The van der Waals surface area contributed by atoms with Crippen LogP contribution in [-0.4, -0.2) is 36.6 Å². The van der Waals surface area contributed by atoms with Gasteiger partial charge in [0.15, 0.2) is 0 Å². The second-order valence-corrected chi connectivity index (χ2v) is 6.51. The van der Waals surface area contributed by atoms with Gasteiger partial charge in [0, 0.05) is 11.3 Å². The fraction of sp³-hybridized carbons (Fsp3) is 0.182. The summed E-state index contributed by atoms with van der Waals surface area (Å²) in [5.41, 5.74) is 2.83. The molecule has 0 unspecified atom stereocenters. The van der Waals surface area contributed by atoms with Gasteiger partial charge in [-0.1, -0.05) is 18.2 Å². The van der Waals surface area contributed by atoms with Crippen LogP contribution < -0.4 is 4.74 Å². The maximum Gasteiger partial charge on any atom is 0.338 e. The molecule has 0 aliphatic carbocycles. The van der Waals surface area contributed by atoms with Crippen LogP contribution in [0.4, 0.5) is 0 Å². The van der Waals surface area contributed by atoms with Gasteiger partial charge in [-0.15, -0.1) is 0 Å². The third-order valence-corrected chi connectivity index (χ3v) is 4.34. The van der Waals surface area contributed by atoms with Gasteiger partial charge in [0.25, 0.3) is 0 Å². The van der Waals surface area contributed by atoms with E-state index in [1.165, 1.54) is 7.11 Å². The lowest BCUT2D eigenvalue weighted by Crippen LogP contribution is -2.08. The van der Waals surface area contributed by atoms with E-state index in [0.717, 1.165) is 17.0 Å². The second kappa shape index (κ2) is 7.60. The maximum absolute atomic E-state index is 12.1. The normalized spacial score (nSPS) is 15.6. The van der Waals surface area contributed by atoms with Crippen molar-refractivity contribution in [1.29, 1.82) is 0 Å². The zero-order chi connectivity index (χ0) is 19.5. The smallest absolute Gasteiger partial charge is 0.338 e. The van der Waals surface area contributed by atoms with Crippen molar-refractivity contribution in [3.05, 3.63) is 71.9 Å². The van der Waals surface area contributed by atoms with E-state index in [0.29, 0.717) is 29.5 Å². The molecule has 0 saturated heterocycles. The zero-order valence-corrected chi connectivity index (χ0v) is 15.6. The Labute approximate surface area is 162 Å². The second-order valence-electron chi connectivity index (χ2n) is 6.51. The van der Waals surface area contributed by atoms with Gasteiger partial charge >= 0.3 is 5.97 Å². The first kappa shape index (κ1) is 17.9. The first-order valence-corrected chi connectivity index (χ1v) is 8.99. The molecule has 0 fully saturated rings. The number of carbonyl (C=O) groups is 1. The number of esters is 1. The summed E-state index contributed by atoms with van der Waals surface area (Å²) in [5, 5.41) is 0. The third-order valence-electron chi connectivity index (χ3n) is 4.34. The molecule has 1 N–H and O–H groups in total. The van der Waals surface area contributed by atoms with Crippen LogP contribution in [0.3, 0.4) is 0 Å². The first-order valence-electron chi connectivity index (χ1n) is 8.99. The number of methoxy groups -OCH3 is 1. The van der Waals surface area contributed by atoms with Crippen molar-refractivity contribution < 1.29 is 19.0 Å². The van der Waals surface area contributed by atoms with Gasteiger partial charge < -0.3 is 19.2 Å². The molecule has 4 rings (SSSR count). The molecule has 1 aliphatic rings. The lowest BCUT2D eigenvalue weighted by Gasteiger charge is -2.10. The number of ether oxygens (including phenoxy) is 3. The fourth-order valence-electron chi connectivity index (χ4n) is 2.99. The van der Waals surface area contributed by atoms with Crippen LogP contribution in [0.15, 0.2) is 65.7 Å². The molecule has 0 saturated carbocycles. The van der Waals surface area contributed by atoms with E-state index in [1.54, 1.807) is 12.1 Å². The Hall–Kier alpha value is -3.54. The van der Waals surface area contributed by atoms with E-state index in [4.69, 9.17) is 14.2 Å². The largest absolute Gasteiger partial charge is 0.471 e. The summed E-state index contributed by atoms with van der Waals surface area (Å²) >= 11 is 0. The predicted octanol–water partition coefficient (Wildman–Crippen LogP) is 4.43. The number of hydrogen-bond acceptors (Lipinski definition) is 5. The summed E-state index contributed by atoms with van der Waals surface area (Å²) in [4.78, 5) is 19.8. The molecular weight excluding hydrogens is 356 g/mol. The highest BCUT2D eigenvalue weighted by molar-refractivity contribution is 5.95. The van der Waals surface area contributed by atoms with Crippen LogP contribution in [0.5, 0.6) is 11.5 Å². The molecule has 6 nitrogen and oxygen atoms in total. The fourth-order valence-corrected chi connectivity index (χ4v) is 2.99. The van der Waals surface area contributed by atoms with E-state index in [9.17, 15) is 4.79 Å². The topological polar surface area (TPSA) is 72.9 Å². The molecule has 1 aliphatic heterocycles. The number of nitrogens with one attached hydrogen (secondary N) is 1. The minimum absolute atomic E-state index is 0.0790. The molecule has 0 amide bonds. The van der Waals surface area contributed by atoms with Crippen molar-refractivity contribution in [2.75, 3.05) is 13.7 Å². The number of rotatable bonds is 5. The van der Waals surface area contributed by atoms with E-state index >= 15 is 0 Å². The Morgan fingerprint density at radius 1 is 1.07 bits per heavy atom. The van der Waals surface area contributed by atoms with Gasteiger partial charge in [-0.05, 0) is 49.4 Å². The summed E-state index contributed by atoms with van der Waals surface area (Å²) in [7, 11) is 1.36. The molecule has 28 heavy (non-hydrogen) atoms. The van der Waals surface area contributed by atoms with E-state index < -0.39 is 5.97 Å². The van der Waals surface area contributed by atoms with Crippen LogP contribution in [-0.2, 0) is 9.47 Å². The minimum atomic E-state index is -0.427. The van der Waals surface area contributed by atoms with Crippen molar-refractivity contribution in [3.8, 4) is 22.8 Å². The third kappa shape index (κ3) is 3.76. The van der Waals surface area contributed by atoms with Gasteiger partial charge in [0.1, 0.15) is 23.3 Å². The number of benzene rings is 2. The molecule has 0 spiro atoms. The zero-order valence-electron chi connectivity index (χ0n) is 15.6. The Morgan fingerprint density at radius 2 is 1.86 bits per heavy atom. The van der Waals surface area contributed by atoms with E-state index in [2.05, 4.69) is 9.98 Å². The number of nitrogens with zero attached hydrogens (tertiary/aromatic N) is 1. The van der Waals surface area contributed by atoms with Crippen molar-refractivity contribution in [2.45, 2.75) is 13.0 Å². The van der Waals surface area contributed by atoms with E-state index in [-0.39, 0.29) is 6.10 Å². The van der Waals surface area contributed by atoms with Gasteiger partial charge in [-0.3, -0.25) is 0 Å². The van der Waals surface area contributed by atoms with Gasteiger partial charge in [-0.2, -0.15) is 0 Å². The van der Waals surface area contributed by atoms with Crippen molar-refractivity contribution in [1.82, 2.24) is 4.98 Å². The number of aromatic amines is 1. The van der Waals surface area contributed by atoms with Crippen molar-refractivity contribution in [2.24, 2.45) is 4.99 Å². The summed E-state index contributed by atoms with van der Waals surface area (Å²) in [5.74, 6) is 1.40. The predicted molar refractivity (Wildman–Crippen MR) is 106 cm³/mol. The molecule has 2 heterocycles. The van der Waals surface area contributed by atoms with Gasteiger partial charge in [-0.25, -0.2) is 9.79 Å². The molecule has 0 radical (unpaired) electrons. The lowest BCUT2D eigenvalue weighted by molar-refractivity contribution is 0.0600. The first-order chi connectivity index (χ1) is 13.6. The van der Waals surface area contributed by atoms with Crippen LogP contribution in [0.25, 0.3) is 11.3 Å². The number of para-hydroxylation sites is 1. The molecule has 142 valence electrons. The van der Waals surface area contributed by atoms with Crippen LogP contribution in [0, 0.1) is 0 Å².